The highest BCUT2D eigenvalue weighted by Crippen LogP contribution is 2.39. The molecular weight excluding hydrogens is 302 g/mol. The second-order valence-corrected chi connectivity index (χ2v) is 7.03. The first kappa shape index (κ1) is 18.9. The summed E-state index contributed by atoms with van der Waals surface area (Å²) in [6.07, 6.45) is 5.23. The fraction of sp³-hybridized carbons (Fsp3) is 0.650. The number of rotatable bonds is 8. The van der Waals surface area contributed by atoms with Gasteiger partial charge in [0.15, 0.2) is 0 Å². The van der Waals surface area contributed by atoms with E-state index < -0.39 is 11.5 Å². The van der Waals surface area contributed by atoms with E-state index in [4.69, 9.17) is 4.74 Å². The lowest BCUT2D eigenvalue weighted by Crippen LogP contribution is -2.46. The van der Waals surface area contributed by atoms with Crippen molar-refractivity contribution in [1.82, 2.24) is 5.32 Å². The maximum Gasteiger partial charge on any atom is 0.313 e. The van der Waals surface area contributed by atoms with Gasteiger partial charge >= 0.3 is 5.97 Å². The van der Waals surface area contributed by atoms with Gasteiger partial charge in [-0.05, 0) is 38.2 Å². The Morgan fingerprint density at radius 1 is 1.29 bits per heavy atom. The molecule has 0 aliphatic heterocycles. The van der Waals surface area contributed by atoms with Crippen molar-refractivity contribution in [3.05, 3.63) is 35.9 Å². The van der Waals surface area contributed by atoms with Gasteiger partial charge in [-0.2, -0.15) is 0 Å². The van der Waals surface area contributed by atoms with E-state index in [0.717, 1.165) is 18.4 Å². The molecule has 0 spiro atoms. The molecule has 4 heteroatoms. The number of nitrogens with one attached hydrogen (secondary N) is 1. The van der Waals surface area contributed by atoms with E-state index in [2.05, 4.69) is 5.32 Å². The molecule has 1 aromatic rings. The first-order chi connectivity index (χ1) is 11.6. The van der Waals surface area contributed by atoms with E-state index in [0.29, 0.717) is 25.6 Å². The molecule has 134 valence electrons. The van der Waals surface area contributed by atoms with Crippen molar-refractivity contribution in [1.29, 1.82) is 0 Å². The fourth-order valence-corrected chi connectivity index (χ4v) is 3.68. The van der Waals surface area contributed by atoms with Crippen LogP contribution in [0.25, 0.3) is 0 Å². The van der Waals surface area contributed by atoms with Crippen LogP contribution in [0.2, 0.25) is 0 Å². The highest BCUT2D eigenvalue weighted by atomic mass is 16.5. The highest BCUT2D eigenvalue weighted by molar-refractivity contribution is 5.77. The van der Waals surface area contributed by atoms with Crippen LogP contribution < -0.4 is 5.32 Å². The number of carbonyl (C=O) groups excluding carboxylic acids is 1. The maximum absolute atomic E-state index is 12.6. The fourth-order valence-electron chi connectivity index (χ4n) is 3.68. The lowest BCUT2D eigenvalue weighted by Gasteiger charge is -2.38. The standard InChI is InChI=1S/C20H31NO3/c1-3-24-19(23)20(2,17-12-8-5-9-13-17)15-21-14-18(22)16-10-6-4-7-11-16/h4,6-7,10-11,17-18,21-22H,3,5,8-9,12-15H2,1-2H3. The molecule has 0 heterocycles. The van der Waals surface area contributed by atoms with Crippen molar-refractivity contribution < 1.29 is 14.6 Å². The van der Waals surface area contributed by atoms with E-state index in [1.807, 2.05) is 44.2 Å². The lowest BCUT2D eigenvalue weighted by molar-refractivity contribution is -0.158. The van der Waals surface area contributed by atoms with Gasteiger partial charge in [0.05, 0.1) is 18.1 Å². The van der Waals surface area contributed by atoms with Crippen LogP contribution in [0.3, 0.4) is 0 Å². The van der Waals surface area contributed by atoms with Crippen LogP contribution >= 0.6 is 0 Å². The average Bonchev–Trinajstić information content (AvgIpc) is 2.63. The van der Waals surface area contributed by atoms with Gasteiger partial charge in [-0.3, -0.25) is 4.79 Å². The minimum atomic E-state index is -0.566. The zero-order chi connectivity index (χ0) is 17.4. The summed E-state index contributed by atoms with van der Waals surface area (Å²) in [7, 11) is 0. The number of aliphatic hydroxyl groups is 1. The number of benzene rings is 1. The van der Waals surface area contributed by atoms with Crippen LogP contribution in [-0.2, 0) is 9.53 Å². The number of ether oxygens (including phenoxy) is 1. The van der Waals surface area contributed by atoms with Gasteiger partial charge in [0.25, 0.3) is 0 Å². The Hall–Kier alpha value is -1.39. The van der Waals surface area contributed by atoms with Crippen LogP contribution in [0.4, 0.5) is 0 Å². The summed E-state index contributed by atoms with van der Waals surface area (Å²) in [5, 5.41) is 13.6. The van der Waals surface area contributed by atoms with Crippen molar-refractivity contribution in [3.63, 3.8) is 0 Å². The minimum Gasteiger partial charge on any atom is -0.466 e. The molecule has 0 aromatic heterocycles. The SMILES string of the molecule is CCOC(=O)C(C)(CNCC(O)c1ccccc1)C1CCCCC1. The second kappa shape index (κ2) is 9.19. The van der Waals surface area contributed by atoms with Gasteiger partial charge in [-0.25, -0.2) is 0 Å². The van der Waals surface area contributed by atoms with E-state index in [9.17, 15) is 9.90 Å². The highest BCUT2D eigenvalue weighted by Gasteiger charge is 2.42. The topological polar surface area (TPSA) is 58.6 Å². The summed E-state index contributed by atoms with van der Waals surface area (Å²) in [6.45, 7) is 5.26. The normalized spacial score (nSPS) is 19.5. The molecular formula is C20H31NO3. The molecule has 1 aromatic carbocycles. The predicted octanol–water partition coefficient (Wildman–Crippen LogP) is 3.46. The molecule has 2 atom stereocenters. The molecule has 2 rings (SSSR count). The van der Waals surface area contributed by atoms with Gasteiger partial charge in [-0.1, -0.05) is 49.6 Å². The molecule has 2 unspecified atom stereocenters. The Morgan fingerprint density at radius 2 is 1.96 bits per heavy atom. The number of hydrogen-bond donors (Lipinski definition) is 2. The first-order valence-corrected chi connectivity index (χ1v) is 9.19. The van der Waals surface area contributed by atoms with Crippen molar-refractivity contribution in [2.45, 2.75) is 52.1 Å². The van der Waals surface area contributed by atoms with Crippen LogP contribution in [0.1, 0.15) is 57.6 Å². The summed E-state index contributed by atoms with van der Waals surface area (Å²) >= 11 is 0. The average molecular weight is 333 g/mol. The van der Waals surface area contributed by atoms with E-state index in [1.165, 1.54) is 19.3 Å². The van der Waals surface area contributed by atoms with Gasteiger partial charge in [0.2, 0.25) is 0 Å². The molecule has 1 saturated carbocycles. The molecule has 1 fully saturated rings. The zero-order valence-electron chi connectivity index (χ0n) is 15.0. The molecule has 1 aliphatic rings. The van der Waals surface area contributed by atoms with Crippen LogP contribution in [0, 0.1) is 11.3 Å². The smallest absolute Gasteiger partial charge is 0.313 e. The van der Waals surface area contributed by atoms with Gasteiger partial charge in [-0.15, -0.1) is 0 Å². The summed E-state index contributed by atoms with van der Waals surface area (Å²) < 4.78 is 5.36. The summed E-state index contributed by atoms with van der Waals surface area (Å²) in [6, 6.07) is 9.60. The number of esters is 1. The Bertz CT molecular complexity index is 499. The van der Waals surface area contributed by atoms with Gasteiger partial charge in [0, 0.05) is 13.1 Å². The van der Waals surface area contributed by atoms with E-state index in [-0.39, 0.29) is 5.97 Å². The van der Waals surface area contributed by atoms with Gasteiger partial charge < -0.3 is 15.2 Å². The Kier molecular flexibility index (Phi) is 7.25. The molecule has 1 aliphatic carbocycles. The summed E-state index contributed by atoms with van der Waals surface area (Å²) in [5.74, 6) is 0.241. The van der Waals surface area contributed by atoms with Crippen molar-refractivity contribution in [3.8, 4) is 0 Å². The minimum absolute atomic E-state index is 0.112. The van der Waals surface area contributed by atoms with Gasteiger partial charge in [0.1, 0.15) is 0 Å². The molecule has 4 nitrogen and oxygen atoms in total. The maximum atomic E-state index is 12.6. The van der Waals surface area contributed by atoms with Crippen LogP contribution in [0.5, 0.6) is 0 Å². The number of aliphatic hydroxyl groups excluding tert-OH is 1. The Balaban J connectivity index is 1.96. The third-order valence-electron chi connectivity index (χ3n) is 5.26. The number of hydrogen-bond acceptors (Lipinski definition) is 4. The van der Waals surface area contributed by atoms with Crippen LogP contribution in [0.15, 0.2) is 30.3 Å². The van der Waals surface area contributed by atoms with Crippen molar-refractivity contribution in [2.24, 2.45) is 11.3 Å². The Labute approximate surface area is 145 Å². The van der Waals surface area contributed by atoms with Crippen LogP contribution in [-0.4, -0.2) is 30.8 Å². The van der Waals surface area contributed by atoms with Crippen molar-refractivity contribution in [2.75, 3.05) is 19.7 Å². The summed E-state index contributed by atoms with van der Waals surface area (Å²) in [4.78, 5) is 12.6. The monoisotopic (exact) mass is 333 g/mol. The first-order valence-electron chi connectivity index (χ1n) is 9.19. The quantitative estimate of drug-likeness (QED) is 0.715. The molecule has 0 saturated heterocycles. The predicted molar refractivity (Wildman–Crippen MR) is 95.6 cm³/mol. The zero-order valence-corrected chi connectivity index (χ0v) is 15.0. The third-order valence-corrected chi connectivity index (χ3v) is 5.26. The molecule has 2 N–H and O–H groups in total. The molecule has 24 heavy (non-hydrogen) atoms. The molecule has 0 amide bonds. The molecule has 0 bridgehead atoms. The largest absolute Gasteiger partial charge is 0.466 e. The van der Waals surface area contributed by atoms with Crippen molar-refractivity contribution >= 4 is 5.97 Å². The lowest BCUT2D eigenvalue weighted by atomic mass is 9.69. The second-order valence-electron chi connectivity index (χ2n) is 7.03. The Morgan fingerprint density at radius 3 is 2.58 bits per heavy atom. The summed E-state index contributed by atoms with van der Waals surface area (Å²) in [5.41, 5.74) is 0.368. The van der Waals surface area contributed by atoms with E-state index >= 15 is 0 Å². The molecule has 0 radical (unpaired) electrons. The third kappa shape index (κ3) is 4.81. The number of carbonyl (C=O) groups is 1. The van der Waals surface area contributed by atoms with E-state index in [1.54, 1.807) is 0 Å².